The Balaban J connectivity index is 2.10. The molecule has 0 saturated carbocycles. The molecule has 0 radical (unpaired) electrons. The zero-order valence-electron chi connectivity index (χ0n) is 17.1. The molecular weight excluding hydrogens is 378 g/mol. The first-order chi connectivity index (χ1) is 13.1. The normalized spacial score (nSPS) is 12.4. The number of ether oxygens (including phenoxy) is 1. The van der Waals surface area contributed by atoms with Gasteiger partial charge < -0.3 is 14.6 Å². The van der Waals surface area contributed by atoms with E-state index in [9.17, 15) is 9.59 Å². The molecule has 1 aromatic carbocycles. The van der Waals surface area contributed by atoms with Gasteiger partial charge in [-0.05, 0) is 58.9 Å². The number of urea groups is 1. The largest absolute Gasteiger partial charge is 0.497 e. The number of imide groups is 1. The molecule has 0 fully saturated rings. The third-order valence-electron chi connectivity index (χ3n) is 3.76. The van der Waals surface area contributed by atoms with Crippen LogP contribution < -0.4 is 15.4 Å². The molecule has 0 bridgehead atoms. The van der Waals surface area contributed by atoms with Crippen molar-refractivity contribution in [3.63, 3.8) is 0 Å². The van der Waals surface area contributed by atoms with Gasteiger partial charge in [-0.2, -0.15) is 0 Å². The first-order valence-corrected chi connectivity index (χ1v) is 9.90. The summed E-state index contributed by atoms with van der Waals surface area (Å²) in [6.45, 7) is 9.91. The Labute approximate surface area is 169 Å². The lowest BCUT2D eigenvalue weighted by Crippen LogP contribution is -2.49. The van der Waals surface area contributed by atoms with Crippen LogP contribution in [0.15, 0.2) is 29.4 Å². The summed E-state index contributed by atoms with van der Waals surface area (Å²) in [5.41, 5.74) is 0.486. The third-order valence-corrected chi connectivity index (χ3v) is 4.84. The Hall–Kier alpha value is -2.55. The summed E-state index contributed by atoms with van der Waals surface area (Å²) in [6, 6.07) is 7.04. The molecule has 0 aliphatic rings. The summed E-state index contributed by atoms with van der Waals surface area (Å²) in [5, 5.41) is 13.7. The zero-order valence-corrected chi connectivity index (χ0v) is 17.9. The number of benzene rings is 1. The molecule has 0 aliphatic heterocycles. The van der Waals surface area contributed by atoms with Gasteiger partial charge in [-0.3, -0.25) is 10.1 Å². The van der Waals surface area contributed by atoms with E-state index in [1.54, 1.807) is 14.0 Å². The van der Waals surface area contributed by atoms with E-state index in [4.69, 9.17) is 4.74 Å². The van der Waals surface area contributed by atoms with Crippen molar-refractivity contribution in [2.24, 2.45) is 0 Å². The fourth-order valence-corrected chi connectivity index (χ4v) is 3.32. The van der Waals surface area contributed by atoms with Gasteiger partial charge in [0.15, 0.2) is 11.0 Å². The molecule has 28 heavy (non-hydrogen) atoms. The predicted octanol–water partition coefficient (Wildman–Crippen LogP) is 3.08. The number of nitrogens with one attached hydrogen (secondary N) is 2. The molecule has 2 N–H and O–H groups in total. The van der Waals surface area contributed by atoms with Crippen molar-refractivity contribution in [2.45, 2.75) is 57.1 Å². The zero-order chi connectivity index (χ0) is 20.9. The number of amides is 3. The topological polar surface area (TPSA) is 98.1 Å². The van der Waals surface area contributed by atoms with Crippen molar-refractivity contribution >= 4 is 23.7 Å². The molecule has 1 heterocycles. The number of aromatic nitrogens is 3. The molecule has 0 saturated heterocycles. The molecule has 3 amide bonds. The predicted molar refractivity (Wildman–Crippen MR) is 109 cm³/mol. The average molecular weight is 406 g/mol. The number of hydrogen-bond donors (Lipinski definition) is 2. The Morgan fingerprint density at radius 2 is 1.86 bits per heavy atom. The van der Waals surface area contributed by atoms with E-state index in [1.807, 2.05) is 56.5 Å². The number of nitrogens with zero attached hydrogens (tertiary/aromatic N) is 3. The van der Waals surface area contributed by atoms with Crippen LogP contribution in [0.3, 0.4) is 0 Å². The molecule has 2 rings (SSSR count). The van der Waals surface area contributed by atoms with Crippen molar-refractivity contribution in [1.29, 1.82) is 0 Å². The molecule has 0 unspecified atom stereocenters. The molecule has 8 nitrogen and oxygen atoms in total. The summed E-state index contributed by atoms with van der Waals surface area (Å²) in [7, 11) is 1.62. The minimum atomic E-state index is -0.513. The van der Waals surface area contributed by atoms with E-state index >= 15 is 0 Å². The maximum Gasteiger partial charge on any atom is 0.321 e. The van der Waals surface area contributed by atoms with Crippen molar-refractivity contribution in [2.75, 3.05) is 7.11 Å². The second-order valence-corrected chi connectivity index (χ2v) is 8.54. The first kappa shape index (κ1) is 21.7. The first-order valence-electron chi connectivity index (χ1n) is 9.02. The monoisotopic (exact) mass is 405 g/mol. The van der Waals surface area contributed by atoms with E-state index < -0.39 is 16.8 Å². The summed E-state index contributed by atoms with van der Waals surface area (Å²) in [5.74, 6) is 1.09. The van der Waals surface area contributed by atoms with Gasteiger partial charge in [0, 0.05) is 17.6 Å². The van der Waals surface area contributed by atoms with Gasteiger partial charge in [0.1, 0.15) is 5.75 Å². The van der Waals surface area contributed by atoms with Crippen LogP contribution in [-0.2, 0) is 11.3 Å². The quantitative estimate of drug-likeness (QED) is 0.717. The van der Waals surface area contributed by atoms with Crippen LogP contribution in [0.2, 0.25) is 0 Å². The molecular formula is C19H27N5O3S. The highest BCUT2D eigenvalue weighted by Gasteiger charge is 2.23. The van der Waals surface area contributed by atoms with Crippen LogP contribution in [0.4, 0.5) is 4.79 Å². The maximum atomic E-state index is 12.3. The van der Waals surface area contributed by atoms with Gasteiger partial charge in [-0.25, -0.2) is 4.79 Å². The number of methoxy groups -OCH3 is 1. The summed E-state index contributed by atoms with van der Waals surface area (Å²) < 4.78 is 7.12. The van der Waals surface area contributed by atoms with Gasteiger partial charge in [-0.1, -0.05) is 11.8 Å². The lowest BCUT2D eigenvalue weighted by molar-refractivity contribution is -0.119. The van der Waals surface area contributed by atoms with Crippen molar-refractivity contribution in [3.8, 4) is 17.1 Å². The second-order valence-electron chi connectivity index (χ2n) is 7.23. The van der Waals surface area contributed by atoms with Gasteiger partial charge in [-0.15, -0.1) is 10.2 Å². The fraction of sp³-hybridized carbons (Fsp3) is 0.474. The summed E-state index contributed by atoms with van der Waals surface area (Å²) >= 11 is 1.26. The molecule has 0 spiro atoms. The number of carbonyl (C=O) groups excluding carboxylic acids is 2. The highest BCUT2D eigenvalue weighted by atomic mass is 32.2. The maximum absolute atomic E-state index is 12.3. The Morgan fingerprint density at radius 3 is 2.39 bits per heavy atom. The standard InChI is InChI=1S/C19H27N5O3S/c1-7-24-15(13-8-10-14(27-6)11-9-13)22-23-18(24)28-12(2)16(25)20-17(26)21-19(3,4)5/h8-12H,7H2,1-6H3,(H2,20,21,25,26)/t12-/m0/s1. The molecule has 2 aromatic rings. The lowest BCUT2D eigenvalue weighted by atomic mass is 10.1. The van der Waals surface area contributed by atoms with E-state index in [0.29, 0.717) is 17.5 Å². The van der Waals surface area contributed by atoms with Crippen molar-refractivity contribution in [3.05, 3.63) is 24.3 Å². The summed E-state index contributed by atoms with van der Waals surface area (Å²) in [6.07, 6.45) is 0. The van der Waals surface area contributed by atoms with Crippen LogP contribution in [0.25, 0.3) is 11.4 Å². The number of hydrogen-bond acceptors (Lipinski definition) is 6. The van der Waals surface area contributed by atoms with Crippen LogP contribution in [0.1, 0.15) is 34.6 Å². The van der Waals surface area contributed by atoms with Crippen LogP contribution in [-0.4, -0.2) is 44.6 Å². The van der Waals surface area contributed by atoms with Crippen LogP contribution in [0.5, 0.6) is 5.75 Å². The second kappa shape index (κ2) is 9.09. The third kappa shape index (κ3) is 5.72. The van der Waals surface area contributed by atoms with E-state index in [2.05, 4.69) is 20.8 Å². The lowest BCUT2D eigenvalue weighted by Gasteiger charge is -2.21. The van der Waals surface area contributed by atoms with Crippen LogP contribution in [0, 0.1) is 0 Å². The minimum absolute atomic E-state index is 0.386. The summed E-state index contributed by atoms with van der Waals surface area (Å²) in [4.78, 5) is 24.2. The van der Waals surface area contributed by atoms with E-state index in [-0.39, 0.29) is 5.91 Å². The number of rotatable bonds is 6. The van der Waals surface area contributed by atoms with Crippen molar-refractivity contribution in [1.82, 2.24) is 25.4 Å². The average Bonchev–Trinajstić information content (AvgIpc) is 3.02. The smallest absolute Gasteiger partial charge is 0.321 e. The fourth-order valence-electron chi connectivity index (χ4n) is 2.41. The van der Waals surface area contributed by atoms with Crippen LogP contribution >= 0.6 is 11.8 Å². The molecule has 1 aromatic heterocycles. The van der Waals surface area contributed by atoms with E-state index in [0.717, 1.165) is 11.3 Å². The Bertz CT molecular complexity index is 827. The van der Waals surface area contributed by atoms with Gasteiger partial charge >= 0.3 is 6.03 Å². The number of thioether (sulfide) groups is 1. The highest BCUT2D eigenvalue weighted by Crippen LogP contribution is 2.27. The van der Waals surface area contributed by atoms with Gasteiger partial charge in [0.2, 0.25) is 5.91 Å². The highest BCUT2D eigenvalue weighted by molar-refractivity contribution is 8.00. The van der Waals surface area contributed by atoms with Gasteiger partial charge in [0.25, 0.3) is 0 Å². The Kier molecular flexibility index (Phi) is 7.06. The van der Waals surface area contributed by atoms with E-state index in [1.165, 1.54) is 11.8 Å². The molecule has 9 heteroatoms. The number of carbonyl (C=O) groups is 2. The SMILES string of the molecule is CCn1c(S[C@@H](C)C(=O)NC(=O)NC(C)(C)C)nnc1-c1ccc(OC)cc1. The van der Waals surface area contributed by atoms with Crippen molar-refractivity contribution < 1.29 is 14.3 Å². The minimum Gasteiger partial charge on any atom is -0.497 e. The molecule has 1 atom stereocenters. The molecule has 0 aliphatic carbocycles. The molecule has 152 valence electrons. The van der Waals surface area contributed by atoms with Gasteiger partial charge in [0.05, 0.1) is 12.4 Å². The Morgan fingerprint density at radius 1 is 1.21 bits per heavy atom.